The molecule has 4 nitrogen and oxygen atoms in total. The predicted molar refractivity (Wildman–Crippen MR) is 244 cm³/mol. The van der Waals surface area contributed by atoms with Gasteiger partial charge in [0.1, 0.15) is 0 Å². The Labute approximate surface area is 330 Å². The van der Waals surface area contributed by atoms with Gasteiger partial charge in [0.25, 0.3) is 0 Å². The first kappa shape index (κ1) is 51.9. The topological polar surface area (TPSA) is 53.3 Å². The molecule has 302 valence electrons. The maximum absolute atomic E-state index is 6.68. The lowest BCUT2D eigenvalue weighted by Crippen LogP contribution is -2.30. The monoisotopic (exact) mass is 731 g/mol. The van der Waals surface area contributed by atoms with Crippen LogP contribution in [0, 0.1) is 10.8 Å². The summed E-state index contributed by atoms with van der Waals surface area (Å²) in [7, 11) is 2.14. The standard InChI is InChI=1S/C23H32N4.C12H26.C7H12.C5H10.C2H6/c1-3-4-9-14-25-15-16-26-23-20-12-7-8-13-21(20)27(2)17-18-10-5-6-11-19(18)22(23)24;1-7-11(3,4)9-10-12(5,6)8-2;1-4-5-6-7(2)3;1-3-5-4-2;1-2/h5-8,10-13,25-26H,3-4,9,14-17,24H2,1-2H3;7-10H2,1-6H3;4H,1-2,5-6H2,3H3;3H,1,4-5H2,2H3;1-2H3/b23-22-;;;;. The van der Waals surface area contributed by atoms with Crippen LogP contribution >= 0.6 is 0 Å². The smallest absolute Gasteiger partial charge is 0.0675 e. The van der Waals surface area contributed by atoms with Crippen molar-refractivity contribution in [3.05, 3.63) is 103 Å². The first-order chi connectivity index (χ1) is 25.2. The summed E-state index contributed by atoms with van der Waals surface area (Å²) in [6.07, 6.45) is 17.5. The molecule has 0 aliphatic carbocycles. The molecule has 1 aliphatic rings. The van der Waals surface area contributed by atoms with Gasteiger partial charge in [-0.1, -0.05) is 162 Å². The van der Waals surface area contributed by atoms with E-state index < -0.39 is 0 Å². The molecule has 2 aromatic rings. The summed E-state index contributed by atoms with van der Waals surface area (Å²) in [4.78, 5) is 2.30. The van der Waals surface area contributed by atoms with Gasteiger partial charge in [0, 0.05) is 43.5 Å². The van der Waals surface area contributed by atoms with Crippen LogP contribution < -0.4 is 21.3 Å². The zero-order chi connectivity index (χ0) is 40.7. The quantitative estimate of drug-likeness (QED) is 0.106. The van der Waals surface area contributed by atoms with E-state index in [0.29, 0.717) is 10.8 Å². The molecule has 53 heavy (non-hydrogen) atoms. The van der Waals surface area contributed by atoms with E-state index in [1.54, 1.807) is 0 Å². The molecule has 0 saturated carbocycles. The molecule has 4 heteroatoms. The Balaban J connectivity index is 0. The van der Waals surface area contributed by atoms with Crippen molar-refractivity contribution in [3.63, 3.8) is 0 Å². The van der Waals surface area contributed by atoms with Crippen molar-refractivity contribution in [3.8, 4) is 0 Å². The fraction of sp³-hybridized carbons (Fsp3) is 0.592. The highest BCUT2D eigenvalue weighted by atomic mass is 15.1. The van der Waals surface area contributed by atoms with Gasteiger partial charge in [-0.3, -0.25) is 0 Å². The lowest BCUT2D eigenvalue weighted by atomic mass is 9.77. The third kappa shape index (κ3) is 23.9. The highest BCUT2D eigenvalue weighted by Crippen LogP contribution is 2.35. The number of unbranched alkanes of at least 4 members (excludes halogenated alkanes) is 3. The third-order valence-electron chi connectivity index (χ3n) is 9.79. The molecule has 3 rings (SSSR count). The average molecular weight is 731 g/mol. The van der Waals surface area contributed by atoms with Crippen molar-refractivity contribution >= 4 is 17.1 Å². The summed E-state index contributed by atoms with van der Waals surface area (Å²) in [5.41, 5.74) is 15.6. The number of para-hydroxylation sites is 1. The lowest BCUT2D eigenvalue weighted by molar-refractivity contribution is 0.228. The van der Waals surface area contributed by atoms with Crippen LogP contribution in [0.15, 0.2) is 86.0 Å². The number of nitrogens with zero attached hydrogens (tertiary/aromatic N) is 1. The second kappa shape index (κ2) is 31.1. The molecule has 0 amide bonds. The molecular formula is C49H86N4. The van der Waals surface area contributed by atoms with Crippen LogP contribution in [0.4, 0.5) is 5.69 Å². The van der Waals surface area contributed by atoms with Gasteiger partial charge in [-0.05, 0) is 74.5 Å². The third-order valence-corrected chi connectivity index (χ3v) is 9.79. The van der Waals surface area contributed by atoms with Crippen molar-refractivity contribution in [2.24, 2.45) is 16.6 Å². The Hall–Kier alpha value is -3.24. The van der Waals surface area contributed by atoms with E-state index in [4.69, 9.17) is 5.73 Å². The van der Waals surface area contributed by atoms with Gasteiger partial charge in [-0.25, -0.2) is 0 Å². The van der Waals surface area contributed by atoms with Gasteiger partial charge >= 0.3 is 0 Å². The van der Waals surface area contributed by atoms with E-state index in [0.717, 1.165) is 68.0 Å². The fourth-order valence-corrected chi connectivity index (χ4v) is 5.23. The molecule has 2 aromatic carbocycles. The minimum absolute atomic E-state index is 0.548. The molecule has 0 atom stereocenters. The van der Waals surface area contributed by atoms with Gasteiger partial charge < -0.3 is 21.3 Å². The van der Waals surface area contributed by atoms with E-state index in [1.165, 1.54) is 68.2 Å². The highest BCUT2D eigenvalue weighted by molar-refractivity contribution is 5.93. The first-order valence-corrected chi connectivity index (χ1v) is 20.9. The zero-order valence-electron chi connectivity index (χ0n) is 37.0. The molecule has 0 spiro atoms. The van der Waals surface area contributed by atoms with Crippen molar-refractivity contribution in [1.82, 2.24) is 10.6 Å². The Morgan fingerprint density at radius 1 is 0.774 bits per heavy atom. The second-order valence-corrected chi connectivity index (χ2v) is 15.6. The average Bonchev–Trinajstić information content (AvgIpc) is 3.16. The SMILES string of the molecule is C=CCCC.C=CCCC(=C)C.CC.CCC(C)(C)CCC(C)(C)CC.CCCCCNCCN/C1=C(\N)c2ccccc2CN(C)c2ccccc21. The van der Waals surface area contributed by atoms with Crippen LogP contribution in [-0.2, 0) is 6.54 Å². The summed E-state index contributed by atoms with van der Waals surface area (Å²) in [5, 5.41) is 7.13. The molecule has 4 N–H and O–H groups in total. The van der Waals surface area contributed by atoms with Crippen LogP contribution in [0.3, 0.4) is 0 Å². The van der Waals surface area contributed by atoms with E-state index in [9.17, 15) is 0 Å². The Morgan fingerprint density at radius 2 is 1.32 bits per heavy atom. The maximum Gasteiger partial charge on any atom is 0.0675 e. The molecule has 1 aliphatic heterocycles. The first-order valence-electron chi connectivity index (χ1n) is 20.9. The number of rotatable bonds is 18. The van der Waals surface area contributed by atoms with Crippen LogP contribution in [0.5, 0.6) is 0 Å². The summed E-state index contributed by atoms with van der Waals surface area (Å²) in [6.45, 7) is 39.1. The Bertz CT molecular complexity index is 1250. The molecular weight excluding hydrogens is 645 g/mol. The molecule has 0 bridgehead atoms. The summed E-state index contributed by atoms with van der Waals surface area (Å²) in [5.74, 6) is 0. The van der Waals surface area contributed by atoms with Crippen molar-refractivity contribution in [2.75, 3.05) is 31.6 Å². The summed E-state index contributed by atoms with van der Waals surface area (Å²) in [6, 6.07) is 16.9. The van der Waals surface area contributed by atoms with Gasteiger partial charge in [-0.15, -0.1) is 19.7 Å². The minimum Gasteiger partial charge on any atom is -0.397 e. The molecule has 0 saturated heterocycles. The number of benzene rings is 2. The van der Waals surface area contributed by atoms with E-state index in [1.807, 2.05) is 32.9 Å². The second-order valence-electron chi connectivity index (χ2n) is 15.6. The largest absolute Gasteiger partial charge is 0.397 e. The van der Waals surface area contributed by atoms with Crippen molar-refractivity contribution < 1.29 is 0 Å². The Morgan fingerprint density at radius 3 is 1.79 bits per heavy atom. The predicted octanol–water partition coefficient (Wildman–Crippen LogP) is 14.0. The van der Waals surface area contributed by atoms with E-state index >= 15 is 0 Å². The zero-order valence-corrected chi connectivity index (χ0v) is 37.0. The molecule has 1 heterocycles. The molecule has 0 fully saturated rings. The number of nitrogens with two attached hydrogens (primary N) is 1. The van der Waals surface area contributed by atoms with Gasteiger partial charge in [0.05, 0.1) is 11.4 Å². The number of nitrogens with one attached hydrogen (secondary N) is 2. The molecule has 0 aromatic heterocycles. The number of anilines is 1. The van der Waals surface area contributed by atoms with Gasteiger partial charge in [0.15, 0.2) is 0 Å². The fourth-order valence-electron chi connectivity index (χ4n) is 5.23. The summed E-state index contributed by atoms with van der Waals surface area (Å²) < 4.78 is 0. The van der Waals surface area contributed by atoms with Crippen LogP contribution in [-0.4, -0.2) is 26.7 Å². The van der Waals surface area contributed by atoms with Crippen LogP contribution in [0.1, 0.15) is 163 Å². The highest BCUT2D eigenvalue weighted by Gasteiger charge is 2.22. The van der Waals surface area contributed by atoms with Crippen molar-refractivity contribution in [1.29, 1.82) is 0 Å². The lowest BCUT2D eigenvalue weighted by Gasteiger charge is -2.29. The molecule has 0 unspecified atom stereocenters. The number of hydrogen-bond acceptors (Lipinski definition) is 4. The minimum atomic E-state index is 0.548. The number of allylic oxidation sites excluding steroid dienone is 3. The van der Waals surface area contributed by atoms with Crippen LogP contribution in [0.25, 0.3) is 11.4 Å². The van der Waals surface area contributed by atoms with E-state index in [-0.39, 0.29) is 0 Å². The maximum atomic E-state index is 6.68. The van der Waals surface area contributed by atoms with Crippen molar-refractivity contribution in [2.45, 2.75) is 153 Å². The van der Waals surface area contributed by atoms with Crippen LogP contribution in [0.2, 0.25) is 0 Å². The molecule has 0 radical (unpaired) electrons. The van der Waals surface area contributed by atoms with E-state index in [2.05, 4.69) is 146 Å². The summed E-state index contributed by atoms with van der Waals surface area (Å²) >= 11 is 0. The normalized spacial score (nSPS) is 13.2. The number of fused-ring (bicyclic) bond motifs is 2. The van der Waals surface area contributed by atoms with Gasteiger partial charge in [0.2, 0.25) is 0 Å². The number of hydrogen-bond donors (Lipinski definition) is 3. The Kier molecular flexibility index (Phi) is 30.5. The van der Waals surface area contributed by atoms with Gasteiger partial charge in [-0.2, -0.15) is 0 Å².